The maximum atomic E-state index is 5.16. The predicted octanol–water partition coefficient (Wildman–Crippen LogP) is 2.99. The molecule has 0 N–H and O–H groups in total. The van der Waals surface area contributed by atoms with E-state index in [1.807, 2.05) is 37.3 Å². The van der Waals surface area contributed by atoms with E-state index in [4.69, 9.17) is 4.84 Å². The van der Waals surface area contributed by atoms with Crippen LogP contribution in [0.2, 0.25) is 0 Å². The minimum absolute atomic E-state index is 0.554. The third-order valence-electron chi connectivity index (χ3n) is 1.81. The van der Waals surface area contributed by atoms with Crippen molar-refractivity contribution in [1.82, 2.24) is 0 Å². The van der Waals surface area contributed by atoms with Crippen LogP contribution in [0.4, 0.5) is 0 Å². The summed E-state index contributed by atoms with van der Waals surface area (Å²) in [7, 11) is 0. The van der Waals surface area contributed by atoms with E-state index >= 15 is 0 Å². The molecule has 0 aliphatic carbocycles. The number of benzene rings is 1. The maximum Gasteiger partial charge on any atom is 0.142 e. The smallest absolute Gasteiger partial charge is 0.142 e. The summed E-state index contributed by atoms with van der Waals surface area (Å²) in [6, 6.07) is 10.0. The molecule has 0 saturated heterocycles. The highest BCUT2D eigenvalue weighted by atomic mass is 16.6. The molecular weight excluding hydrogens is 162 g/mol. The molecule has 2 heteroatoms. The van der Waals surface area contributed by atoms with Crippen molar-refractivity contribution in [2.45, 2.75) is 26.9 Å². The van der Waals surface area contributed by atoms with Gasteiger partial charge in [-0.25, -0.2) is 0 Å². The molecule has 0 unspecified atom stereocenters. The number of nitrogens with zero attached hydrogens (tertiary/aromatic N) is 1. The molecule has 0 aliphatic heterocycles. The Morgan fingerprint density at radius 1 is 1.31 bits per heavy atom. The van der Waals surface area contributed by atoms with E-state index in [-0.39, 0.29) is 0 Å². The van der Waals surface area contributed by atoms with Crippen molar-refractivity contribution in [3.63, 3.8) is 0 Å². The van der Waals surface area contributed by atoms with E-state index in [0.717, 1.165) is 17.7 Å². The first-order chi connectivity index (χ1) is 6.33. The first-order valence-corrected chi connectivity index (χ1v) is 4.52. The molecule has 0 aliphatic rings. The summed E-state index contributed by atoms with van der Waals surface area (Å²) in [6.07, 6.45) is 0.939. The topological polar surface area (TPSA) is 21.6 Å². The Morgan fingerprint density at radius 3 is 2.62 bits per heavy atom. The van der Waals surface area contributed by atoms with Crippen LogP contribution in [0.3, 0.4) is 0 Å². The minimum Gasteiger partial charge on any atom is -0.391 e. The highest BCUT2D eigenvalue weighted by molar-refractivity contribution is 5.80. The Balaban J connectivity index is 2.36. The molecule has 70 valence electrons. The highest BCUT2D eigenvalue weighted by Gasteiger charge is 1.90. The van der Waals surface area contributed by atoms with Crippen LogP contribution in [0.5, 0.6) is 0 Å². The largest absolute Gasteiger partial charge is 0.391 e. The third-order valence-corrected chi connectivity index (χ3v) is 1.81. The molecule has 1 aromatic carbocycles. The lowest BCUT2D eigenvalue weighted by Gasteiger charge is -2.00. The Labute approximate surface area is 79.2 Å². The molecule has 0 bridgehead atoms. The van der Waals surface area contributed by atoms with Gasteiger partial charge in [-0.15, -0.1) is 0 Å². The number of hydrogen-bond acceptors (Lipinski definition) is 2. The Kier molecular flexibility index (Phi) is 4.03. The van der Waals surface area contributed by atoms with Gasteiger partial charge < -0.3 is 4.84 Å². The van der Waals surface area contributed by atoms with Gasteiger partial charge in [-0.1, -0.05) is 42.4 Å². The summed E-state index contributed by atoms with van der Waals surface area (Å²) in [4.78, 5) is 5.16. The summed E-state index contributed by atoms with van der Waals surface area (Å²) >= 11 is 0. The number of oxime groups is 1. The number of rotatable bonds is 4. The van der Waals surface area contributed by atoms with Gasteiger partial charge in [-0.3, -0.25) is 0 Å². The molecule has 2 nitrogen and oxygen atoms in total. The zero-order chi connectivity index (χ0) is 9.52. The van der Waals surface area contributed by atoms with Crippen LogP contribution in [0.25, 0.3) is 0 Å². The summed E-state index contributed by atoms with van der Waals surface area (Å²) in [5.41, 5.74) is 2.17. The van der Waals surface area contributed by atoms with E-state index < -0.39 is 0 Å². The first-order valence-electron chi connectivity index (χ1n) is 4.52. The van der Waals surface area contributed by atoms with Gasteiger partial charge in [-0.05, 0) is 18.9 Å². The van der Waals surface area contributed by atoms with Crippen LogP contribution in [0.15, 0.2) is 35.5 Å². The molecule has 0 heterocycles. The molecule has 0 atom stereocenters. The van der Waals surface area contributed by atoms with Crippen molar-refractivity contribution in [2.24, 2.45) is 5.16 Å². The normalized spacial score (nSPS) is 11.4. The first kappa shape index (κ1) is 9.78. The zero-order valence-electron chi connectivity index (χ0n) is 8.16. The van der Waals surface area contributed by atoms with Crippen LogP contribution < -0.4 is 0 Å². The second-order valence-corrected chi connectivity index (χ2v) is 2.94. The van der Waals surface area contributed by atoms with E-state index in [2.05, 4.69) is 12.1 Å². The molecular formula is C11H15NO. The monoisotopic (exact) mass is 177 g/mol. The lowest BCUT2D eigenvalue weighted by Crippen LogP contribution is -1.91. The molecule has 1 rings (SSSR count). The fourth-order valence-electron chi connectivity index (χ4n) is 0.856. The molecule has 13 heavy (non-hydrogen) atoms. The number of hydrogen-bond donors (Lipinski definition) is 0. The predicted molar refractivity (Wildman–Crippen MR) is 54.6 cm³/mol. The standard InChI is InChI=1S/C11H15NO/c1-3-10(2)12-13-9-11-7-5-4-6-8-11/h4-8H,3,9H2,1-2H3/b12-10+. The zero-order valence-corrected chi connectivity index (χ0v) is 8.16. The van der Waals surface area contributed by atoms with Gasteiger partial charge in [0.25, 0.3) is 0 Å². The van der Waals surface area contributed by atoms with Crippen molar-refractivity contribution in [2.75, 3.05) is 0 Å². The van der Waals surface area contributed by atoms with E-state index in [0.29, 0.717) is 6.61 Å². The molecule has 0 spiro atoms. The average Bonchev–Trinajstić information content (AvgIpc) is 2.19. The van der Waals surface area contributed by atoms with Gasteiger partial charge in [0.2, 0.25) is 0 Å². The van der Waals surface area contributed by atoms with Gasteiger partial charge in [-0.2, -0.15) is 0 Å². The van der Waals surface area contributed by atoms with Gasteiger partial charge in [0.05, 0.1) is 5.71 Å². The second-order valence-electron chi connectivity index (χ2n) is 2.94. The summed E-state index contributed by atoms with van der Waals surface area (Å²) < 4.78 is 0. The van der Waals surface area contributed by atoms with Crippen LogP contribution in [-0.4, -0.2) is 5.71 Å². The molecule has 0 aromatic heterocycles. The molecule has 1 aromatic rings. The highest BCUT2D eigenvalue weighted by Crippen LogP contribution is 2.00. The van der Waals surface area contributed by atoms with Gasteiger partial charge in [0.1, 0.15) is 6.61 Å². The Hall–Kier alpha value is -1.31. The Morgan fingerprint density at radius 2 is 2.00 bits per heavy atom. The van der Waals surface area contributed by atoms with E-state index in [1.165, 1.54) is 0 Å². The summed E-state index contributed by atoms with van der Waals surface area (Å²) in [5.74, 6) is 0. The second kappa shape index (κ2) is 5.36. The van der Waals surface area contributed by atoms with Crippen LogP contribution in [0.1, 0.15) is 25.8 Å². The fourth-order valence-corrected chi connectivity index (χ4v) is 0.856. The lowest BCUT2D eigenvalue weighted by atomic mass is 10.2. The molecule has 0 amide bonds. The maximum absolute atomic E-state index is 5.16. The van der Waals surface area contributed by atoms with Crippen molar-refractivity contribution < 1.29 is 4.84 Å². The minimum atomic E-state index is 0.554. The molecule has 0 radical (unpaired) electrons. The fraction of sp³-hybridized carbons (Fsp3) is 0.364. The van der Waals surface area contributed by atoms with Crippen LogP contribution >= 0.6 is 0 Å². The van der Waals surface area contributed by atoms with Crippen LogP contribution in [-0.2, 0) is 11.4 Å². The van der Waals surface area contributed by atoms with Crippen molar-refractivity contribution >= 4 is 5.71 Å². The van der Waals surface area contributed by atoms with Gasteiger partial charge >= 0.3 is 0 Å². The summed E-state index contributed by atoms with van der Waals surface area (Å²) in [6.45, 7) is 4.58. The summed E-state index contributed by atoms with van der Waals surface area (Å²) in [5, 5.41) is 3.95. The van der Waals surface area contributed by atoms with E-state index in [9.17, 15) is 0 Å². The molecule has 0 fully saturated rings. The van der Waals surface area contributed by atoms with Crippen molar-refractivity contribution in [1.29, 1.82) is 0 Å². The average molecular weight is 177 g/mol. The molecule has 0 saturated carbocycles. The van der Waals surface area contributed by atoms with Crippen molar-refractivity contribution in [3.8, 4) is 0 Å². The quantitative estimate of drug-likeness (QED) is 0.511. The van der Waals surface area contributed by atoms with Crippen molar-refractivity contribution in [3.05, 3.63) is 35.9 Å². The van der Waals surface area contributed by atoms with E-state index in [1.54, 1.807) is 0 Å². The van der Waals surface area contributed by atoms with Crippen LogP contribution in [0, 0.1) is 0 Å². The Bertz CT molecular complexity index is 267. The third kappa shape index (κ3) is 3.74. The SMILES string of the molecule is CC/C(C)=N/OCc1ccccc1. The van der Waals surface area contributed by atoms with Gasteiger partial charge in [0, 0.05) is 0 Å². The van der Waals surface area contributed by atoms with Gasteiger partial charge in [0.15, 0.2) is 0 Å². The lowest BCUT2D eigenvalue weighted by molar-refractivity contribution is 0.130.